The number of aromatic amines is 2. The second kappa shape index (κ2) is 7.37. The van der Waals surface area contributed by atoms with Crippen molar-refractivity contribution < 1.29 is 31.9 Å². The number of benzene rings is 1. The standard InChI is InChI=1S/C14H9F2N5OS.C2HF3O2/c1-4-8-10-9(5(15)2-7(22)11(10)16)12(19-13(8)21-20-4)6-3-23-14(17)18-6;3-2(4,5)1(6)7/h2-3H,1H3,(H2,17,18)(H2,19,20,21);(H,6,7). The third-order valence-corrected chi connectivity index (χ3v) is 4.55. The predicted octanol–water partition coefficient (Wildman–Crippen LogP) is 3.33. The summed E-state index contributed by atoms with van der Waals surface area (Å²) < 4.78 is 60.7. The molecule has 8 nitrogen and oxygen atoms in total. The molecule has 4 rings (SSSR count). The lowest BCUT2D eigenvalue weighted by atomic mass is 10.0. The van der Waals surface area contributed by atoms with Crippen molar-refractivity contribution in [2.75, 3.05) is 5.73 Å². The molecule has 0 spiro atoms. The van der Waals surface area contributed by atoms with Gasteiger partial charge in [-0.15, -0.1) is 11.3 Å². The Morgan fingerprint density at radius 1 is 1.17 bits per heavy atom. The first kappa shape index (κ1) is 21.2. The van der Waals surface area contributed by atoms with Crippen molar-refractivity contribution in [2.24, 2.45) is 0 Å². The number of pyridine rings is 1. The largest absolute Gasteiger partial charge is 0.490 e. The van der Waals surface area contributed by atoms with Gasteiger partial charge in [0.2, 0.25) is 5.43 Å². The molecular formula is C16H10F5N5O3S. The molecule has 5 N–H and O–H groups in total. The molecule has 0 bridgehead atoms. The number of nitrogens with one attached hydrogen (secondary N) is 2. The van der Waals surface area contributed by atoms with Gasteiger partial charge in [0.15, 0.2) is 16.6 Å². The van der Waals surface area contributed by atoms with Gasteiger partial charge in [0.25, 0.3) is 0 Å². The van der Waals surface area contributed by atoms with Gasteiger partial charge in [0.1, 0.15) is 17.2 Å². The molecule has 30 heavy (non-hydrogen) atoms. The number of hydrogen-bond donors (Lipinski definition) is 4. The minimum atomic E-state index is -5.08. The van der Waals surface area contributed by atoms with Crippen LogP contribution in [0.4, 0.5) is 27.1 Å². The summed E-state index contributed by atoms with van der Waals surface area (Å²) in [5, 5.41) is 14.7. The van der Waals surface area contributed by atoms with Crippen molar-refractivity contribution in [1.29, 1.82) is 0 Å². The van der Waals surface area contributed by atoms with E-state index >= 15 is 0 Å². The van der Waals surface area contributed by atoms with Crippen molar-refractivity contribution in [2.45, 2.75) is 13.1 Å². The lowest BCUT2D eigenvalue weighted by Gasteiger charge is -2.07. The van der Waals surface area contributed by atoms with Crippen molar-refractivity contribution in [3.05, 3.63) is 39.0 Å². The number of carboxylic acids is 1. The van der Waals surface area contributed by atoms with Crippen LogP contribution >= 0.6 is 11.3 Å². The minimum absolute atomic E-state index is 0.0870. The summed E-state index contributed by atoms with van der Waals surface area (Å²) in [6, 6.07) is 0.621. The topological polar surface area (TPSA) is 138 Å². The molecule has 158 valence electrons. The number of hydrogen-bond acceptors (Lipinski definition) is 6. The lowest BCUT2D eigenvalue weighted by Crippen LogP contribution is -2.21. The van der Waals surface area contributed by atoms with Crippen LogP contribution in [0.3, 0.4) is 0 Å². The number of nitrogens with two attached hydrogens (primary N) is 1. The molecule has 0 atom stereocenters. The predicted molar refractivity (Wildman–Crippen MR) is 98.1 cm³/mol. The number of carbonyl (C=O) groups is 1. The molecule has 1 aromatic carbocycles. The zero-order valence-corrected chi connectivity index (χ0v) is 15.5. The van der Waals surface area contributed by atoms with Crippen LogP contribution < -0.4 is 11.2 Å². The SMILES string of the molecule is Cc1[nH][nH]c2nc(-c3csc(N)n3)c3c(F)cc(=O)c(F)c3c12.O=C(O)C(F)(F)F. The number of rotatable bonds is 1. The maximum atomic E-state index is 14.5. The minimum Gasteiger partial charge on any atom is -0.475 e. The Morgan fingerprint density at radius 2 is 1.80 bits per heavy atom. The van der Waals surface area contributed by atoms with Crippen LogP contribution in [0.25, 0.3) is 33.2 Å². The van der Waals surface area contributed by atoms with Crippen molar-refractivity contribution in [1.82, 2.24) is 20.2 Å². The number of thiazole rings is 1. The van der Waals surface area contributed by atoms with Gasteiger partial charge in [-0.1, -0.05) is 0 Å². The van der Waals surface area contributed by atoms with E-state index in [0.717, 1.165) is 11.3 Å². The number of nitrogens with zero attached hydrogens (tertiary/aromatic N) is 2. The fraction of sp³-hybridized carbons (Fsp3) is 0.125. The van der Waals surface area contributed by atoms with E-state index in [1.54, 1.807) is 12.3 Å². The van der Waals surface area contributed by atoms with Gasteiger partial charge >= 0.3 is 12.1 Å². The molecule has 3 aromatic heterocycles. The number of aliphatic carboxylic acids is 1. The molecular weight excluding hydrogens is 437 g/mol. The number of nitrogen functional groups attached to an aromatic ring is 1. The smallest absolute Gasteiger partial charge is 0.475 e. The first-order chi connectivity index (χ1) is 13.9. The highest BCUT2D eigenvalue weighted by atomic mass is 32.1. The molecule has 4 aromatic rings. The molecule has 0 fully saturated rings. The van der Waals surface area contributed by atoms with E-state index in [2.05, 4.69) is 20.2 Å². The highest BCUT2D eigenvalue weighted by Gasteiger charge is 2.38. The Kier molecular flexibility index (Phi) is 5.20. The second-order valence-electron chi connectivity index (χ2n) is 5.85. The molecule has 0 aliphatic carbocycles. The molecule has 0 unspecified atom stereocenters. The Balaban J connectivity index is 0.000000318. The summed E-state index contributed by atoms with van der Waals surface area (Å²) >= 11 is 1.16. The van der Waals surface area contributed by atoms with Crippen molar-refractivity contribution in [3.63, 3.8) is 0 Å². The zero-order valence-electron chi connectivity index (χ0n) is 14.7. The lowest BCUT2D eigenvalue weighted by molar-refractivity contribution is -0.192. The normalized spacial score (nSPS) is 11.5. The number of halogens is 5. The average Bonchev–Trinajstić information content (AvgIpc) is 3.24. The highest BCUT2D eigenvalue weighted by molar-refractivity contribution is 7.13. The Morgan fingerprint density at radius 3 is 2.33 bits per heavy atom. The van der Waals surface area contributed by atoms with Gasteiger partial charge < -0.3 is 15.9 Å². The van der Waals surface area contributed by atoms with E-state index in [1.807, 2.05) is 0 Å². The van der Waals surface area contributed by atoms with Gasteiger partial charge in [-0.25, -0.2) is 23.5 Å². The van der Waals surface area contributed by atoms with Crippen molar-refractivity contribution in [3.8, 4) is 11.4 Å². The number of aryl methyl sites for hydroxylation is 1. The molecule has 3 heterocycles. The summed E-state index contributed by atoms with van der Waals surface area (Å²) in [4.78, 5) is 29.0. The summed E-state index contributed by atoms with van der Waals surface area (Å²) in [6.45, 7) is 1.68. The van der Waals surface area contributed by atoms with E-state index in [0.29, 0.717) is 28.5 Å². The number of anilines is 1. The van der Waals surface area contributed by atoms with Crippen LogP contribution in [0.2, 0.25) is 0 Å². The van der Waals surface area contributed by atoms with Gasteiger partial charge in [-0.05, 0) is 6.92 Å². The average molecular weight is 447 g/mol. The number of alkyl halides is 3. The van der Waals surface area contributed by atoms with Gasteiger partial charge in [-0.3, -0.25) is 9.89 Å². The molecule has 0 saturated carbocycles. The van der Waals surface area contributed by atoms with E-state index < -0.39 is 29.2 Å². The van der Waals surface area contributed by atoms with E-state index in [9.17, 15) is 26.7 Å². The van der Waals surface area contributed by atoms with Gasteiger partial charge in [-0.2, -0.15) is 13.2 Å². The van der Waals surface area contributed by atoms with Crippen LogP contribution in [-0.2, 0) is 4.79 Å². The van der Waals surface area contributed by atoms with Gasteiger partial charge in [0.05, 0.1) is 5.39 Å². The van der Waals surface area contributed by atoms with E-state index in [1.165, 1.54) is 0 Å². The summed E-state index contributed by atoms with van der Waals surface area (Å²) in [5.41, 5.74) is 5.92. The molecule has 0 saturated heterocycles. The second-order valence-corrected chi connectivity index (χ2v) is 6.74. The maximum Gasteiger partial charge on any atom is 0.490 e. The van der Waals surface area contributed by atoms with Crippen LogP contribution in [0.15, 0.2) is 16.2 Å². The number of fused-ring (bicyclic) bond motifs is 3. The highest BCUT2D eigenvalue weighted by Crippen LogP contribution is 2.35. The summed E-state index contributed by atoms with van der Waals surface area (Å²) in [5.74, 6) is -4.62. The van der Waals surface area contributed by atoms with E-state index in [-0.39, 0.29) is 21.6 Å². The molecule has 14 heteroatoms. The third-order valence-electron chi connectivity index (χ3n) is 3.88. The number of carboxylic acid groups (broad SMARTS) is 1. The van der Waals surface area contributed by atoms with Crippen LogP contribution in [-0.4, -0.2) is 37.4 Å². The van der Waals surface area contributed by atoms with E-state index in [4.69, 9.17) is 15.6 Å². The molecule has 0 aliphatic heterocycles. The number of aromatic nitrogens is 4. The molecule has 0 aliphatic rings. The Labute approximate surface area is 166 Å². The third kappa shape index (κ3) is 3.68. The quantitative estimate of drug-likeness (QED) is 0.330. The van der Waals surface area contributed by atoms with Crippen LogP contribution in [0.1, 0.15) is 5.69 Å². The van der Waals surface area contributed by atoms with Crippen LogP contribution in [0.5, 0.6) is 0 Å². The first-order valence-electron chi connectivity index (χ1n) is 7.82. The van der Waals surface area contributed by atoms with Gasteiger partial charge in [0, 0.05) is 27.9 Å². The number of H-pyrrole nitrogens is 2. The molecule has 0 radical (unpaired) electrons. The Hall–Kier alpha value is -3.55. The molecule has 0 amide bonds. The first-order valence-corrected chi connectivity index (χ1v) is 8.70. The summed E-state index contributed by atoms with van der Waals surface area (Å²) in [6.07, 6.45) is -5.08. The zero-order chi connectivity index (χ0) is 22.4. The fourth-order valence-electron chi connectivity index (χ4n) is 2.66. The van der Waals surface area contributed by atoms with Crippen molar-refractivity contribution >= 4 is 44.2 Å². The monoisotopic (exact) mass is 447 g/mol. The maximum absolute atomic E-state index is 14.5. The van der Waals surface area contributed by atoms with Crippen LogP contribution in [0, 0.1) is 18.6 Å². The fourth-order valence-corrected chi connectivity index (χ4v) is 3.21. The summed E-state index contributed by atoms with van der Waals surface area (Å²) in [7, 11) is 0. The Bertz CT molecular complexity index is 1340.